The van der Waals surface area contributed by atoms with E-state index < -0.39 is 0 Å². The van der Waals surface area contributed by atoms with E-state index in [9.17, 15) is 9.18 Å². The largest absolute Gasteiger partial charge is 0.495 e. The number of benzene rings is 3. The first kappa shape index (κ1) is 24.5. The molecule has 4 aromatic rings. The number of ether oxygens (including phenoxy) is 3. The van der Waals surface area contributed by atoms with Crippen LogP contribution in [0.25, 0.3) is 11.4 Å². The zero-order valence-electron chi connectivity index (χ0n) is 21.3. The monoisotopic (exact) mass is 527 g/mol. The molecule has 1 saturated heterocycles. The second-order valence-corrected chi connectivity index (χ2v) is 9.11. The van der Waals surface area contributed by atoms with E-state index in [0.717, 1.165) is 11.4 Å². The van der Waals surface area contributed by atoms with Crippen LogP contribution in [0.1, 0.15) is 10.4 Å². The topological polar surface area (TPSA) is 89.1 Å². The van der Waals surface area contributed by atoms with E-state index in [0.29, 0.717) is 66.1 Å². The Labute approximate surface area is 224 Å². The molecule has 6 rings (SSSR count). The molecule has 2 aliphatic rings. The molecule has 2 aliphatic heterocycles. The number of rotatable bonds is 6. The van der Waals surface area contributed by atoms with Crippen molar-refractivity contribution in [1.29, 1.82) is 0 Å². The molecule has 0 atom stereocenters. The van der Waals surface area contributed by atoms with Gasteiger partial charge in [0.25, 0.3) is 5.91 Å². The van der Waals surface area contributed by atoms with Gasteiger partial charge in [-0.1, -0.05) is 12.1 Å². The third-order valence-electron chi connectivity index (χ3n) is 6.75. The van der Waals surface area contributed by atoms with E-state index >= 15 is 0 Å². The van der Waals surface area contributed by atoms with Gasteiger partial charge in [-0.3, -0.25) is 4.79 Å². The first-order chi connectivity index (χ1) is 19.1. The maximum Gasteiger partial charge on any atom is 0.259 e. The highest BCUT2D eigenvalue weighted by molar-refractivity contribution is 5.99. The highest BCUT2D eigenvalue weighted by atomic mass is 19.1. The van der Waals surface area contributed by atoms with Gasteiger partial charge in [-0.25, -0.2) is 14.4 Å². The molecule has 0 bridgehead atoms. The molecule has 1 fully saturated rings. The number of piperazine rings is 1. The predicted molar refractivity (Wildman–Crippen MR) is 144 cm³/mol. The van der Waals surface area contributed by atoms with Crippen molar-refractivity contribution in [3.8, 4) is 28.6 Å². The van der Waals surface area contributed by atoms with Crippen molar-refractivity contribution in [1.82, 2.24) is 14.9 Å². The van der Waals surface area contributed by atoms with Gasteiger partial charge in [-0.15, -0.1) is 0 Å². The number of hydrogen-bond acceptors (Lipinski definition) is 8. The number of anilines is 3. The summed E-state index contributed by atoms with van der Waals surface area (Å²) in [6, 6.07) is 19.2. The molecule has 9 nitrogen and oxygen atoms in total. The Hall–Kier alpha value is -4.86. The molecule has 0 unspecified atom stereocenters. The number of carbonyl (C=O) groups excluding carboxylic acids is 1. The lowest BCUT2D eigenvalue weighted by atomic mass is 10.1. The summed E-state index contributed by atoms with van der Waals surface area (Å²) in [5.41, 5.74) is 2.64. The standard InChI is InChI=1S/C29H26FN5O4/c1-37-24-5-3-2-4-23(24)34-12-14-35(15-13-34)29(36)22-17-31-27(19-6-11-25-26(16-19)39-18-38-25)33-28(22)32-21-9-7-20(30)8-10-21/h2-11,16-17H,12-15,18H2,1H3,(H,31,32,33). The number of amides is 1. The van der Waals surface area contributed by atoms with Gasteiger partial charge >= 0.3 is 0 Å². The molecule has 0 saturated carbocycles. The molecular formula is C29H26FN5O4. The lowest BCUT2D eigenvalue weighted by Crippen LogP contribution is -2.49. The van der Waals surface area contributed by atoms with Crippen molar-refractivity contribution in [3.63, 3.8) is 0 Å². The second kappa shape index (κ2) is 10.5. The van der Waals surface area contributed by atoms with Crippen molar-refractivity contribution in [3.05, 3.63) is 84.3 Å². The SMILES string of the molecule is COc1ccccc1N1CCN(C(=O)c2cnc(-c3ccc4c(c3)OCO4)nc2Nc2ccc(F)cc2)CC1. The quantitative estimate of drug-likeness (QED) is 0.385. The predicted octanol–water partition coefficient (Wildman–Crippen LogP) is 4.73. The third-order valence-corrected chi connectivity index (χ3v) is 6.75. The minimum atomic E-state index is -0.353. The van der Waals surface area contributed by atoms with Crippen molar-refractivity contribution < 1.29 is 23.4 Å². The van der Waals surface area contributed by atoms with Crippen LogP contribution in [0.5, 0.6) is 17.2 Å². The van der Waals surface area contributed by atoms with E-state index in [4.69, 9.17) is 19.2 Å². The normalized spacial score (nSPS) is 14.3. The minimum Gasteiger partial charge on any atom is -0.495 e. The lowest BCUT2D eigenvalue weighted by molar-refractivity contribution is 0.0747. The molecule has 39 heavy (non-hydrogen) atoms. The summed E-state index contributed by atoms with van der Waals surface area (Å²) in [5.74, 6) is 2.28. The van der Waals surface area contributed by atoms with Crippen molar-refractivity contribution in [2.45, 2.75) is 0 Å². The van der Waals surface area contributed by atoms with Crippen LogP contribution in [-0.4, -0.2) is 60.9 Å². The Kier molecular flexibility index (Phi) is 6.58. The second-order valence-electron chi connectivity index (χ2n) is 9.11. The third kappa shape index (κ3) is 5.00. The molecule has 10 heteroatoms. The van der Waals surface area contributed by atoms with Gasteiger partial charge < -0.3 is 29.3 Å². The summed E-state index contributed by atoms with van der Waals surface area (Å²) >= 11 is 0. The molecule has 0 aliphatic carbocycles. The van der Waals surface area contributed by atoms with E-state index in [-0.39, 0.29) is 18.5 Å². The van der Waals surface area contributed by atoms with Crippen LogP contribution in [0, 0.1) is 5.82 Å². The van der Waals surface area contributed by atoms with Crippen LogP contribution in [0.2, 0.25) is 0 Å². The number of hydrogen-bond donors (Lipinski definition) is 1. The number of nitrogens with zero attached hydrogens (tertiary/aromatic N) is 4. The molecule has 0 radical (unpaired) electrons. The molecule has 1 amide bonds. The molecule has 3 aromatic carbocycles. The van der Waals surface area contributed by atoms with Crippen LogP contribution < -0.4 is 24.4 Å². The molecule has 198 valence electrons. The number of halogens is 1. The first-order valence-electron chi connectivity index (χ1n) is 12.6. The summed E-state index contributed by atoms with van der Waals surface area (Å²) < 4.78 is 29.9. The Bertz CT molecular complexity index is 1510. The lowest BCUT2D eigenvalue weighted by Gasteiger charge is -2.36. The van der Waals surface area contributed by atoms with Gasteiger partial charge in [0.2, 0.25) is 6.79 Å². The van der Waals surface area contributed by atoms with Gasteiger partial charge in [0.15, 0.2) is 17.3 Å². The fraction of sp³-hybridized carbons (Fsp3) is 0.207. The van der Waals surface area contributed by atoms with Crippen molar-refractivity contribution in [2.75, 3.05) is 50.3 Å². The number of methoxy groups -OCH3 is 1. The van der Waals surface area contributed by atoms with Crippen LogP contribution in [0.3, 0.4) is 0 Å². The first-order valence-corrected chi connectivity index (χ1v) is 12.6. The minimum absolute atomic E-state index is 0.161. The van der Waals surface area contributed by atoms with E-state index in [1.54, 1.807) is 36.3 Å². The van der Waals surface area contributed by atoms with Gasteiger partial charge in [0, 0.05) is 43.6 Å². The fourth-order valence-electron chi connectivity index (χ4n) is 4.69. The summed E-state index contributed by atoms with van der Waals surface area (Å²) in [6.45, 7) is 2.52. The molecule has 3 heterocycles. The van der Waals surface area contributed by atoms with Crippen LogP contribution in [0.15, 0.2) is 72.9 Å². The van der Waals surface area contributed by atoms with Crippen molar-refractivity contribution >= 4 is 23.1 Å². The summed E-state index contributed by atoms with van der Waals surface area (Å²) in [7, 11) is 1.65. The Balaban J connectivity index is 1.27. The van der Waals surface area contributed by atoms with Crippen LogP contribution >= 0.6 is 0 Å². The molecular weight excluding hydrogens is 501 g/mol. The number of fused-ring (bicyclic) bond motifs is 1. The zero-order valence-corrected chi connectivity index (χ0v) is 21.3. The molecule has 1 N–H and O–H groups in total. The average molecular weight is 528 g/mol. The van der Waals surface area contributed by atoms with E-state index in [1.807, 2.05) is 30.3 Å². The number of nitrogens with one attached hydrogen (secondary N) is 1. The average Bonchev–Trinajstić information content (AvgIpc) is 3.46. The molecule has 1 aromatic heterocycles. The van der Waals surface area contributed by atoms with Crippen LogP contribution in [0.4, 0.5) is 21.6 Å². The maximum absolute atomic E-state index is 13.7. The fourth-order valence-corrected chi connectivity index (χ4v) is 4.69. The summed E-state index contributed by atoms with van der Waals surface area (Å²) in [5, 5.41) is 3.18. The number of carbonyl (C=O) groups is 1. The smallest absolute Gasteiger partial charge is 0.259 e. The van der Waals surface area contributed by atoms with Gasteiger partial charge in [0.1, 0.15) is 22.9 Å². The Morgan fingerprint density at radius 3 is 2.54 bits per heavy atom. The molecule has 0 spiro atoms. The van der Waals surface area contributed by atoms with Gasteiger partial charge in [-0.05, 0) is 54.6 Å². The summed E-state index contributed by atoms with van der Waals surface area (Å²) in [4.78, 5) is 26.9. The van der Waals surface area contributed by atoms with Gasteiger partial charge in [-0.2, -0.15) is 0 Å². The number of para-hydroxylation sites is 2. The highest BCUT2D eigenvalue weighted by Crippen LogP contribution is 2.36. The Morgan fingerprint density at radius 2 is 1.74 bits per heavy atom. The highest BCUT2D eigenvalue weighted by Gasteiger charge is 2.27. The Morgan fingerprint density at radius 1 is 0.974 bits per heavy atom. The van der Waals surface area contributed by atoms with E-state index in [2.05, 4.69) is 15.2 Å². The van der Waals surface area contributed by atoms with Gasteiger partial charge in [0.05, 0.1) is 12.8 Å². The maximum atomic E-state index is 13.7. The van der Waals surface area contributed by atoms with Crippen molar-refractivity contribution in [2.24, 2.45) is 0 Å². The zero-order chi connectivity index (χ0) is 26.8. The van der Waals surface area contributed by atoms with E-state index in [1.165, 1.54) is 18.3 Å². The number of aromatic nitrogens is 2. The van der Waals surface area contributed by atoms with Crippen LogP contribution in [-0.2, 0) is 0 Å². The summed E-state index contributed by atoms with van der Waals surface area (Å²) in [6.07, 6.45) is 1.54.